The first kappa shape index (κ1) is 20.0. The number of hydrogen-bond acceptors (Lipinski definition) is 5. The summed E-state index contributed by atoms with van der Waals surface area (Å²) in [5, 5.41) is 0. The second kappa shape index (κ2) is 8.48. The number of methoxy groups -OCH3 is 1. The summed E-state index contributed by atoms with van der Waals surface area (Å²) in [6, 6.07) is 14.0. The molecule has 3 rings (SSSR count). The Morgan fingerprint density at radius 3 is 2.57 bits per heavy atom. The summed E-state index contributed by atoms with van der Waals surface area (Å²) in [7, 11) is 1.58. The maximum Gasteiger partial charge on any atom is 0.303 e. The van der Waals surface area contributed by atoms with Gasteiger partial charge in [-0.3, -0.25) is 4.79 Å². The van der Waals surface area contributed by atoms with Gasteiger partial charge in [0.2, 0.25) is 0 Å². The molecule has 28 heavy (non-hydrogen) atoms. The van der Waals surface area contributed by atoms with Crippen molar-refractivity contribution in [2.24, 2.45) is 0 Å². The van der Waals surface area contributed by atoms with E-state index in [1.807, 2.05) is 68.5 Å². The minimum absolute atomic E-state index is 0.125. The summed E-state index contributed by atoms with van der Waals surface area (Å²) in [5.74, 6) is 1.07. The summed E-state index contributed by atoms with van der Waals surface area (Å²) in [4.78, 5) is 11.5. The highest BCUT2D eigenvalue weighted by atomic mass is 16.7. The summed E-state index contributed by atoms with van der Waals surface area (Å²) in [6.07, 6.45) is 4.18. The number of esters is 1. The predicted octanol–water partition coefficient (Wildman–Crippen LogP) is 4.48. The van der Waals surface area contributed by atoms with Crippen LogP contribution < -0.4 is 9.47 Å². The molecule has 1 aliphatic heterocycles. The molecular formula is C23H26O5. The van der Waals surface area contributed by atoms with Crippen molar-refractivity contribution in [2.45, 2.75) is 38.9 Å². The first-order valence-electron chi connectivity index (χ1n) is 9.27. The lowest BCUT2D eigenvalue weighted by atomic mass is 9.89. The van der Waals surface area contributed by atoms with Gasteiger partial charge in [-0.2, -0.15) is 0 Å². The molecule has 0 amide bonds. The van der Waals surface area contributed by atoms with Crippen molar-refractivity contribution >= 4 is 18.1 Å². The molecule has 0 N–H and O–H groups in total. The Balaban J connectivity index is 1.96. The molecule has 0 unspecified atom stereocenters. The Morgan fingerprint density at radius 2 is 1.89 bits per heavy atom. The topological polar surface area (TPSA) is 54.0 Å². The number of carbonyl (C=O) groups is 1. The molecule has 5 nitrogen and oxygen atoms in total. The van der Waals surface area contributed by atoms with Crippen LogP contribution in [0.5, 0.6) is 11.5 Å². The molecule has 148 valence electrons. The maximum atomic E-state index is 11.5. The second-order valence-corrected chi connectivity index (χ2v) is 7.30. The molecule has 0 aromatic heterocycles. The van der Waals surface area contributed by atoms with Crippen LogP contribution in [0.3, 0.4) is 0 Å². The quantitative estimate of drug-likeness (QED) is 0.419. The second-order valence-electron chi connectivity index (χ2n) is 7.30. The fourth-order valence-electron chi connectivity index (χ4n) is 3.20. The molecule has 1 heterocycles. The van der Waals surface area contributed by atoms with Gasteiger partial charge in [-0.05, 0) is 37.1 Å². The van der Waals surface area contributed by atoms with Crippen molar-refractivity contribution in [1.29, 1.82) is 0 Å². The third-order valence-electron chi connectivity index (χ3n) is 4.64. The van der Waals surface area contributed by atoms with Gasteiger partial charge < -0.3 is 18.9 Å². The van der Waals surface area contributed by atoms with Crippen LogP contribution in [0.15, 0.2) is 42.5 Å². The van der Waals surface area contributed by atoms with E-state index in [1.54, 1.807) is 7.11 Å². The maximum absolute atomic E-state index is 11.5. The molecule has 2 aromatic carbocycles. The number of benzene rings is 2. The molecule has 0 saturated carbocycles. The predicted molar refractivity (Wildman–Crippen MR) is 108 cm³/mol. The molecule has 0 saturated heterocycles. The molecule has 2 aromatic rings. The van der Waals surface area contributed by atoms with Crippen LogP contribution in [-0.4, -0.2) is 31.6 Å². The van der Waals surface area contributed by atoms with Crippen molar-refractivity contribution in [2.75, 3.05) is 13.9 Å². The standard InChI is InChI=1S/C23H26O5/c1-16(24)27-22-14-19-20(26-15-25-4)12-18(13-21(19)28-23(22,2)3)11-10-17-8-6-5-7-9-17/h5-13,22H,14-15H2,1-4H3/b11-10+/t22-/m0/s1. The number of carbonyl (C=O) groups excluding carboxylic acids is 1. The summed E-state index contributed by atoms with van der Waals surface area (Å²) < 4.78 is 22.6. The van der Waals surface area contributed by atoms with Crippen molar-refractivity contribution in [1.82, 2.24) is 0 Å². The number of rotatable bonds is 6. The monoisotopic (exact) mass is 382 g/mol. The molecule has 1 aliphatic rings. The Hall–Kier alpha value is -2.79. The Bertz CT molecular complexity index is 855. The van der Waals surface area contributed by atoms with Crippen LogP contribution in [0, 0.1) is 0 Å². The normalized spacial score (nSPS) is 17.6. The van der Waals surface area contributed by atoms with E-state index in [0.29, 0.717) is 12.2 Å². The SMILES string of the molecule is COCOc1cc(/C=C/c2ccccc2)cc2c1C[C@H](OC(C)=O)C(C)(C)O2. The average Bonchev–Trinajstić information content (AvgIpc) is 2.65. The Kier molecular flexibility index (Phi) is 6.05. The fourth-order valence-corrected chi connectivity index (χ4v) is 3.20. The molecule has 0 radical (unpaired) electrons. The van der Waals surface area contributed by atoms with Gasteiger partial charge in [0.15, 0.2) is 6.79 Å². The van der Waals surface area contributed by atoms with Crippen LogP contribution >= 0.6 is 0 Å². The Morgan fingerprint density at radius 1 is 1.18 bits per heavy atom. The van der Waals surface area contributed by atoms with Gasteiger partial charge in [0, 0.05) is 26.0 Å². The van der Waals surface area contributed by atoms with Crippen LogP contribution in [-0.2, 0) is 20.7 Å². The van der Waals surface area contributed by atoms with Gasteiger partial charge in [-0.25, -0.2) is 0 Å². The zero-order valence-electron chi connectivity index (χ0n) is 16.7. The van der Waals surface area contributed by atoms with Gasteiger partial charge >= 0.3 is 5.97 Å². The van der Waals surface area contributed by atoms with Crippen molar-refractivity contribution in [3.63, 3.8) is 0 Å². The van der Waals surface area contributed by atoms with E-state index in [0.717, 1.165) is 22.4 Å². The van der Waals surface area contributed by atoms with E-state index < -0.39 is 11.7 Å². The van der Waals surface area contributed by atoms with Crippen LogP contribution in [0.25, 0.3) is 12.2 Å². The molecule has 0 aliphatic carbocycles. The highest BCUT2D eigenvalue weighted by Crippen LogP contribution is 2.41. The fraction of sp³-hybridized carbons (Fsp3) is 0.348. The highest BCUT2D eigenvalue weighted by molar-refractivity contribution is 5.72. The van der Waals surface area contributed by atoms with Crippen LogP contribution in [0.1, 0.15) is 37.5 Å². The zero-order valence-corrected chi connectivity index (χ0v) is 16.7. The first-order chi connectivity index (χ1) is 13.4. The molecule has 1 atom stereocenters. The average molecular weight is 382 g/mol. The van der Waals surface area contributed by atoms with E-state index in [2.05, 4.69) is 0 Å². The van der Waals surface area contributed by atoms with Gasteiger partial charge in [0.25, 0.3) is 0 Å². The van der Waals surface area contributed by atoms with E-state index >= 15 is 0 Å². The van der Waals surface area contributed by atoms with E-state index in [4.69, 9.17) is 18.9 Å². The Labute approximate surface area is 165 Å². The van der Waals surface area contributed by atoms with E-state index in [9.17, 15) is 4.79 Å². The molecular weight excluding hydrogens is 356 g/mol. The minimum Gasteiger partial charge on any atom is -0.484 e. The van der Waals surface area contributed by atoms with Gasteiger partial charge in [0.05, 0.1) is 0 Å². The number of hydrogen-bond donors (Lipinski definition) is 0. The van der Waals surface area contributed by atoms with Crippen LogP contribution in [0.2, 0.25) is 0 Å². The van der Waals surface area contributed by atoms with E-state index in [-0.39, 0.29) is 12.8 Å². The third-order valence-corrected chi connectivity index (χ3v) is 4.64. The summed E-state index contributed by atoms with van der Waals surface area (Å²) in [5.41, 5.74) is 2.30. The van der Waals surface area contributed by atoms with Crippen molar-refractivity contribution in [3.05, 3.63) is 59.2 Å². The minimum atomic E-state index is -0.640. The lowest BCUT2D eigenvalue weighted by Crippen LogP contribution is -2.48. The summed E-state index contributed by atoms with van der Waals surface area (Å²) in [6.45, 7) is 5.38. The van der Waals surface area contributed by atoms with Gasteiger partial charge in [-0.1, -0.05) is 42.5 Å². The smallest absolute Gasteiger partial charge is 0.303 e. The van der Waals surface area contributed by atoms with Crippen molar-refractivity contribution in [3.8, 4) is 11.5 Å². The number of ether oxygens (including phenoxy) is 4. The van der Waals surface area contributed by atoms with Crippen molar-refractivity contribution < 1.29 is 23.7 Å². The lowest BCUT2D eigenvalue weighted by molar-refractivity contribution is -0.158. The third kappa shape index (κ3) is 4.73. The number of fused-ring (bicyclic) bond motifs is 1. The van der Waals surface area contributed by atoms with Gasteiger partial charge in [0.1, 0.15) is 23.2 Å². The largest absolute Gasteiger partial charge is 0.484 e. The van der Waals surface area contributed by atoms with Crippen LogP contribution in [0.4, 0.5) is 0 Å². The zero-order chi connectivity index (χ0) is 20.1. The lowest BCUT2D eigenvalue weighted by Gasteiger charge is -2.39. The first-order valence-corrected chi connectivity index (χ1v) is 9.27. The molecule has 0 spiro atoms. The summed E-state index contributed by atoms with van der Waals surface area (Å²) >= 11 is 0. The highest BCUT2D eigenvalue weighted by Gasteiger charge is 2.40. The van der Waals surface area contributed by atoms with E-state index in [1.165, 1.54) is 6.92 Å². The van der Waals surface area contributed by atoms with Gasteiger partial charge in [-0.15, -0.1) is 0 Å². The molecule has 5 heteroatoms. The molecule has 0 fully saturated rings. The molecule has 0 bridgehead atoms.